The molecule has 128 valence electrons. The molecule has 3 nitrogen and oxygen atoms in total. The molecule has 1 aromatic heterocycles. The van der Waals surface area contributed by atoms with Crippen molar-refractivity contribution in [3.8, 4) is 11.3 Å². The van der Waals surface area contributed by atoms with Gasteiger partial charge in [-0.05, 0) is 49.4 Å². The molecule has 2 aromatic carbocycles. The maximum Gasteiger partial charge on any atom is 0.0482 e. The van der Waals surface area contributed by atoms with Crippen LogP contribution in [0, 0.1) is 6.92 Å². The summed E-state index contributed by atoms with van der Waals surface area (Å²) in [5.74, 6) is -1.01. The number of carboxylic acid groups (broad SMARTS) is 1. The van der Waals surface area contributed by atoms with Crippen molar-refractivity contribution in [2.45, 2.75) is 32.7 Å². The molecule has 0 spiro atoms. The SMILES string of the molecule is Cc1ccc(-c2ccc(CCC(=O)[O-])n2CCc2ccccc2)cc1. The molecule has 0 bridgehead atoms. The number of carboxylic acids is 1. The van der Waals surface area contributed by atoms with E-state index < -0.39 is 5.97 Å². The second kappa shape index (κ2) is 7.84. The van der Waals surface area contributed by atoms with Crippen LogP contribution in [0.3, 0.4) is 0 Å². The van der Waals surface area contributed by atoms with Crippen LogP contribution in [0.15, 0.2) is 66.7 Å². The van der Waals surface area contributed by atoms with Crippen LogP contribution in [0.5, 0.6) is 0 Å². The van der Waals surface area contributed by atoms with Crippen LogP contribution in [0.4, 0.5) is 0 Å². The third-order valence-electron chi connectivity index (χ3n) is 4.47. The second-order valence-electron chi connectivity index (χ2n) is 6.34. The van der Waals surface area contributed by atoms with Gasteiger partial charge in [-0.3, -0.25) is 0 Å². The van der Waals surface area contributed by atoms with Gasteiger partial charge in [0.15, 0.2) is 0 Å². The number of rotatable bonds is 7. The van der Waals surface area contributed by atoms with Crippen LogP contribution in [0.1, 0.15) is 23.2 Å². The molecule has 0 fully saturated rings. The third-order valence-corrected chi connectivity index (χ3v) is 4.47. The Balaban J connectivity index is 1.88. The van der Waals surface area contributed by atoms with Gasteiger partial charge in [0.05, 0.1) is 0 Å². The number of benzene rings is 2. The van der Waals surface area contributed by atoms with E-state index >= 15 is 0 Å². The molecule has 0 aliphatic rings. The normalized spacial score (nSPS) is 10.8. The number of carbonyl (C=O) groups excluding carboxylic acids is 1. The lowest BCUT2D eigenvalue weighted by molar-refractivity contribution is -0.305. The molecule has 0 radical (unpaired) electrons. The Kier molecular flexibility index (Phi) is 5.34. The monoisotopic (exact) mass is 332 g/mol. The highest BCUT2D eigenvalue weighted by Gasteiger charge is 2.10. The summed E-state index contributed by atoms with van der Waals surface area (Å²) in [5.41, 5.74) is 5.82. The van der Waals surface area contributed by atoms with Crippen LogP contribution in [-0.2, 0) is 24.2 Å². The fraction of sp³-hybridized carbons (Fsp3) is 0.227. The first-order valence-electron chi connectivity index (χ1n) is 8.63. The van der Waals surface area contributed by atoms with Crippen molar-refractivity contribution in [3.05, 3.63) is 83.6 Å². The molecule has 3 heteroatoms. The first kappa shape index (κ1) is 17.0. The quantitative estimate of drug-likeness (QED) is 0.666. The van der Waals surface area contributed by atoms with Crippen molar-refractivity contribution in [1.82, 2.24) is 4.57 Å². The van der Waals surface area contributed by atoms with E-state index in [4.69, 9.17) is 0 Å². The zero-order chi connectivity index (χ0) is 17.6. The molecule has 0 unspecified atom stereocenters. The van der Waals surface area contributed by atoms with E-state index in [0.29, 0.717) is 6.42 Å². The van der Waals surface area contributed by atoms with Crippen molar-refractivity contribution in [2.24, 2.45) is 0 Å². The first-order chi connectivity index (χ1) is 12.1. The lowest BCUT2D eigenvalue weighted by atomic mass is 10.1. The minimum Gasteiger partial charge on any atom is -0.550 e. The maximum atomic E-state index is 10.9. The van der Waals surface area contributed by atoms with Gasteiger partial charge in [0.1, 0.15) is 0 Å². The molecule has 0 saturated carbocycles. The van der Waals surface area contributed by atoms with Gasteiger partial charge in [-0.2, -0.15) is 0 Å². The molecule has 0 aliphatic heterocycles. The summed E-state index contributed by atoms with van der Waals surface area (Å²) in [6.45, 7) is 2.89. The lowest BCUT2D eigenvalue weighted by Crippen LogP contribution is -2.23. The van der Waals surface area contributed by atoms with Crippen molar-refractivity contribution >= 4 is 5.97 Å². The summed E-state index contributed by atoms with van der Waals surface area (Å²) in [7, 11) is 0. The third kappa shape index (κ3) is 4.38. The fourth-order valence-electron chi connectivity index (χ4n) is 3.08. The van der Waals surface area contributed by atoms with Crippen molar-refractivity contribution in [3.63, 3.8) is 0 Å². The molecular formula is C22H22NO2-. The van der Waals surface area contributed by atoms with Gasteiger partial charge in [0.25, 0.3) is 0 Å². The summed E-state index contributed by atoms with van der Waals surface area (Å²) in [4.78, 5) is 10.9. The summed E-state index contributed by atoms with van der Waals surface area (Å²) in [6, 6.07) is 22.9. The number of nitrogens with zero attached hydrogens (tertiary/aromatic N) is 1. The predicted octanol–water partition coefficient (Wildman–Crippen LogP) is 3.39. The van der Waals surface area contributed by atoms with E-state index in [0.717, 1.165) is 29.9 Å². The highest BCUT2D eigenvalue weighted by Crippen LogP contribution is 2.24. The zero-order valence-electron chi connectivity index (χ0n) is 14.4. The van der Waals surface area contributed by atoms with Crippen LogP contribution in [-0.4, -0.2) is 10.5 Å². The minimum atomic E-state index is -1.01. The highest BCUT2D eigenvalue weighted by atomic mass is 16.4. The summed E-state index contributed by atoms with van der Waals surface area (Å²) in [6.07, 6.45) is 1.44. The van der Waals surface area contributed by atoms with Gasteiger partial charge >= 0.3 is 0 Å². The summed E-state index contributed by atoms with van der Waals surface area (Å²) >= 11 is 0. The molecule has 25 heavy (non-hydrogen) atoms. The fourth-order valence-corrected chi connectivity index (χ4v) is 3.08. The van der Waals surface area contributed by atoms with E-state index in [-0.39, 0.29) is 6.42 Å². The van der Waals surface area contributed by atoms with Crippen molar-refractivity contribution in [1.29, 1.82) is 0 Å². The van der Waals surface area contributed by atoms with Crippen LogP contribution in [0.25, 0.3) is 11.3 Å². The summed E-state index contributed by atoms with van der Waals surface area (Å²) in [5, 5.41) is 10.9. The van der Waals surface area contributed by atoms with Crippen LogP contribution < -0.4 is 5.11 Å². The van der Waals surface area contributed by atoms with Gasteiger partial charge in [-0.15, -0.1) is 0 Å². The topological polar surface area (TPSA) is 45.1 Å². The van der Waals surface area contributed by atoms with Gasteiger partial charge in [-0.25, -0.2) is 0 Å². The molecular weight excluding hydrogens is 310 g/mol. The Labute approximate surface area is 148 Å². The number of aliphatic carboxylic acids is 1. The Hall–Kier alpha value is -2.81. The van der Waals surface area contributed by atoms with E-state index in [9.17, 15) is 9.90 Å². The van der Waals surface area contributed by atoms with Gasteiger partial charge in [0.2, 0.25) is 0 Å². The van der Waals surface area contributed by atoms with Gasteiger partial charge < -0.3 is 14.5 Å². The second-order valence-corrected chi connectivity index (χ2v) is 6.34. The zero-order valence-corrected chi connectivity index (χ0v) is 14.4. The van der Waals surface area contributed by atoms with E-state index in [1.165, 1.54) is 11.1 Å². The van der Waals surface area contributed by atoms with Gasteiger partial charge in [0, 0.05) is 23.9 Å². The number of hydrogen-bond donors (Lipinski definition) is 0. The Morgan fingerprint density at radius 1 is 0.920 bits per heavy atom. The molecule has 0 aliphatic carbocycles. The number of hydrogen-bond acceptors (Lipinski definition) is 2. The highest BCUT2D eigenvalue weighted by molar-refractivity contribution is 5.65. The van der Waals surface area contributed by atoms with E-state index in [1.54, 1.807) is 0 Å². The molecule has 0 amide bonds. The van der Waals surface area contributed by atoms with Crippen molar-refractivity contribution < 1.29 is 9.90 Å². The molecule has 0 atom stereocenters. The summed E-state index contributed by atoms with van der Waals surface area (Å²) < 4.78 is 2.24. The standard InChI is InChI=1S/C22H23NO2/c1-17-7-9-19(10-8-17)21-13-11-20(12-14-22(24)25)23(21)16-15-18-5-3-2-4-6-18/h2-11,13H,12,14-16H2,1H3,(H,24,25)/p-1. The van der Waals surface area contributed by atoms with E-state index in [2.05, 4.69) is 54.0 Å². The van der Waals surface area contributed by atoms with Gasteiger partial charge in [-0.1, -0.05) is 60.2 Å². The Bertz CT molecular complexity index is 832. The molecule has 0 N–H and O–H groups in total. The average Bonchev–Trinajstić information content (AvgIpc) is 3.02. The lowest BCUT2D eigenvalue weighted by Gasteiger charge is -2.15. The largest absolute Gasteiger partial charge is 0.550 e. The average molecular weight is 332 g/mol. The number of aromatic nitrogens is 1. The van der Waals surface area contributed by atoms with E-state index in [1.807, 2.05) is 24.3 Å². The Morgan fingerprint density at radius 2 is 1.64 bits per heavy atom. The Morgan fingerprint density at radius 3 is 2.32 bits per heavy atom. The molecule has 1 heterocycles. The first-order valence-corrected chi connectivity index (χ1v) is 8.63. The maximum absolute atomic E-state index is 10.9. The number of aryl methyl sites for hydroxylation is 3. The predicted molar refractivity (Wildman–Crippen MR) is 98.1 cm³/mol. The molecule has 3 rings (SSSR count). The minimum absolute atomic E-state index is 0.0443. The molecule has 3 aromatic rings. The number of carbonyl (C=O) groups is 1. The van der Waals surface area contributed by atoms with Crippen molar-refractivity contribution in [2.75, 3.05) is 0 Å². The molecule has 0 saturated heterocycles. The smallest absolute Gasteiger partial charge is 0.0482 e. The van der Waals surface area contributed by atoms with Crippen LogP contribution in [0.2, 0.25) is 0 Å². The van der Waals surface area contributed by atoms with Crippen LogP contribution >= 0.6 is 0 Å².